The SMILES string of the molecule is O=C(Cc1ccccc1)N1Cc2ccc(CO)cc2C1. The molecule has 1 aliphatic heterocycles. The zero-order valence-corrected chi connectivity index (χ0v) is 11.2. The third kappa shape index (κ3) is 2.58. The van der Waals surface area contributed by atoms with Crippen LogP contribution in [0.2, 0.25) is 0 Å². The van der Waals surface area contributed by atoms with Crippen molar-refractivity contribution >= 4 is 5.91 Å². The van der Waals surface area contributed by atoms with Crippen LogP contribution in [0.1, 0.15) is 22.3 Å². The fourth-order valence-corrected chi connectivity index (χ4v) is 2.60. The van der Waals surface area contributed by atoms with Gasteiger partial charge in [-0.3, -0.25) is 4.79 Å². The van der Waals surface area contributed by atoms with Gasteiger partial charge in [0.2, 0.25) is 5.91 Å². The van der Waals surface area contributed by atoms with E-state index in [1.807, 2.05) is 53.4 Å². The number of hydrogen-bond acceptors (Lipinski definition) is 2. The van der Waals surface area contributed by atoms with Gasteiger partial charge in [-0.1, -0.05) is 48.5 Å². The van der Waals surface area contributed by atoms with Gasteiger partial charge in [0.15, 0.2) is 0 Å². The maximum Gasteiger partial charge on any atom is 0.227 e. The molecule has 0 spiro atoms. The third-order valence-corrected chi connectivity index (χ3v) is 3.73. The maximum atomic E-state index is 12.3. The molecule has 1 heterocycles. The predicted molar refractivity (Wildman–Crippen MR) is 76.8 cm³/mol. The van der Waals surface area contributed by atoms with Gasteiger partial charge in [-0.25, -0.2) is 0 Å². The van der Waals surface area contributed by atoms with Gasteiger partial charge in [-0.2, -0.15) is 0 Å². The smallest absolute Gasteiger partial charge is 0.227 e. The number of nitrogens with zero attached hydrogens (tertiary/aromatic N) is 1. The predicted octanol–water partition coefficient (Wildman–Crippen LogP) is 2.26. The Hall–Kier alpha value is -2.13. The second-order valence-electron chi connectivity index (χ2n) is 5.17. The summed E-state index contributed by atoms with van der Waals surface area (Å²) in [5.41, 5.74) is 4.28. The summed E-state index contributed by atoms with van der Waals surface area (Å²) in [5.74, 6) is 0.151. The molecule has 0 saturated heterocycles. The van der Waals surface area contributed by atoms with Gasteiger partial charge >= 0.3 is 0 Å². The van der Waals surface area contributed by atoms with E-state index in [9.17, 15) is 4.79 Å². The molecule has 0 aromatic heterocycles. The summed E-state index contributed by atoms with van der Waals surface area (Å²) >= 11 is 0. The molecule has 0 radical (unpaired) electrons. The molecular weight excluding hydrogens is 250 g/mol. The van der Waals surface area contributed by atoms with Crippen LogP contribution in [0, 0.1) is 0 Å². The first-order chi connectivity index (χ1) is 9.76. The van der Waals surface area contributed by atoms with Crippen LogP contribution >= 0.6 is 0 Å². The molecule has 3 nitrogen and oxygen atoms in total. The second-order valence-corrected chi connectivity index (χ2v) is 5.17. The lowest BCUT2D eigenvalue weighted by Gasteiger charge is -2.15. The Bertz CT molecular complexity index is 622. The van der Waals surface area contributed by atoms with E-state index < -0.39 is 0 Å². The molecule has 0 bridgehead atoms. The van der Waals surface area contributed by atoms with Crippen LogP contribution in [0.5, 0.6) is 0 Å². The Kier molecular flexibility index (Phi) is 3.52. The van der Waals surface area contributed by atoms with Crippen molar-refractivity contribution in [3.63, 3.8) is 0 Å². The molecule has 1 aliphatic rings. The van der Waals surface area contributed by atoms with E-state index in [-0.39, 0.29) is 12.5 Å². The summed E-state index contributed by atoms with van der Waals surface area (Å²) in [6.07, 6.45) is 0.446. The van der Waals surface area contributed by atoms with Gasteiger partial charge in [-0.05, 0) is 22.3 Å². The van der Waals surface area contributed by atoms with Crippen LogP contribution in [0.3, 0.4) is 0 Å². The van der Waals surface area contributed by atoms with Gasteiger partial charge in [-0.15, -0.1) is 0 Å². The fraction of sp³-hybridized carbons (Fsp3) is 0.235. The molecule has 0 fully saturated rings. The van der Waals surface area contributed by atoms with E-state index in [4.69, 9.17) is 5.11 Å². The summed E-state index contributed by atoms with van der Waals surface area (Å²) in [5, 5.41) is 9.16. The molecule has 2 aromatic carbocycles. The highest BCUT2D eigenvalue weighted by molar-refractivity contribution is 5.79. The number of aliphatic hydroxyl groups excluding tert-OH is 1. The molecule has 3 heteroatoms. The quantitative estimate of drug-likeness (QED) is 0.926. The standard InChI is InChI=1S/C17H17NO2/c19-12-14-6-7-15-10-18(11-16(15)8-14)17(20)9-13-4-2-1-3-5-13/h1-8,19H,9-12H2. The number of amides is 1. The highest BCUT2D eigenvalue weighted by atomic mass is 16.3. The van der Waals surface area contributed by atoms with Crippen molar-refractivity contribution in [3.05, 3.63) is 70.8 Å². The minimum Gasteiger partial charge on any atom is -0.392 e. The van der Waals surface area contributed by atoms with Crippen molar-refractivity contribution in [3.8, 4) is 0 Å². The molecule has 1 amide bonds. The Balaban J connectivity index is 1.70. The molecule has 20 heavy (non-hydrogen) atoms. The summed E-state index contributed by atoms with van der Waals surface area (Å²) in [6, 6.07) is 15.7. The van der Waals surface area contributed by atoms with Gasteiger partial charge < -0.3 is 10.0 Å². The number of carbonyl (C=O) groups is 1. The lowest BCUT2D eigenvalue weighted by molar-refractivity contribution is -0.131. The van der Waals surface area contributed by atoms with Crippen molar-refractivity contribution in [1.29, 1.82) is 0 Å². The highest BCUT2D eigenvalue weighted by Crippen LogP contribution is 2.24. The fourth-order valence-electron chi connectivity index (χ4n) is 2.60. The first-order valence-corrected chi connectivity index (χ1v) is 6.79. The van der Waals surface area contributed by atoms with Crippen molar-refractivity contribution < 1.29 is 9.90 Å². The van der Waals surface area contributed by atoms with Crippen molar-refractivity contribution in [2.24, 2.45) is 0 Å². The second kappa shape index (κ2) is 5.47. The molecular formula is C17H17NO2. The zero-order chi connectivity index (χ0) is 13.9. The molecule has 2 aromatic rings. The van der Waals surface area contributed by atoms with Crippen LogP contribution in [0.4, 0.5) is 0 Å². The topological polar surface area (TPSA) is 40.5 Å². The Morgan fingerprint density at radius 3 is 2.50 bits per heavy atom. The van der Waals surface area contributed by atoms with Crippen LogP contribution < -0.4 is 0 Å². The van der Waals surface area contributed by atoms with Crippen molar-refractivity contribution in [2.45, 2.75) is 26.1 Å². The third-order valence-electron chi connectivity index (χ3n) is 3.73. The average Bonchev–Trinajstić information content (AvgIpc) is 2.91. The first-order valence-electron chi connectivity index (χ1n) is 6.79. The molecule has 0 aliphatic carbocycles. The van der Waals surface area contributed by atoms with Gasteiger partial charge in [0, 0.05) is 13.1 Å². The molecule has 0 unspecified atom stereocenters. The van der Waals surface area contributed by atoms with Gasteiger partial charge in [0.05, 0.1) is 13.0 Å². The van der Waals surface area contributed by atoms with E-state index >= 15 is 0 Å². The van der Waals surface area contributed by atoms with Crippen molar-refractivity contribution in [2.75, 3.05) is 0 Å². The molecule has 0 saturated carbocycles. The van der Waals surface area contributed by atoms with Crippen LogP contribution in [0.15, 0.2) is 48.5 Å². The Morgan fingerprint density at radius 2 is 1.75 bits per heavy atom. The lowest BCUT2D eigenvalue weighted by Crippen LogP contribution is -2.26. The van der Waals surface area contributed by atoms with E-state index in [0.29, 0.717) is 19.5 Å². The number of fused-ring (bicyclic) bond motifs is 1. The van der Waals surface area contributed by atoms with Gasteiger partial charge in [0.1, 0.15) is 0 Å². The lowest BCUT2D eigenvalue weighted by atomic mass is 10.1. The summed E-state index contributed by atoms with van der Waals surface area (Å²) in [7, 11) is 0. The maximum absolute atomic E-state index is 12.3. The average molecular weight is 267 g/mol. The summed E-state index contributed by atoms with van der Waals surface area (Å²) in [6.45, 7) is 1.37. The Morgan fingerprint density at radius 1 is 1.00 bits per heavy atom. The van der Waals surface area contributed by atoms with E-state index in [2.05, 4.69) is 0 Å². The molecule has 1 N–H and O–H groups in total. The number of rotatable bonds is 3. The number of benzene rings is 2. The number of aliphatic hydroxyl groups is 1. The van der Waals surface area contributed by atoms with Crippen LogP contribution in [-0.4, -0.2) is 15.9 Å². The normalized spacial score (nSPS) is 13.3. The summed E-state index contributed by atoms with van der Waals surface area (Å²) < 4.78 is 0. The first kappa shape index (κ1) is 12.9. The van der Waals surface area contributed by atoms with Gasteiger partial charge in [0.25, 0.3) is 0 Å². The minimum atomic E-state index is 0.0469. The monoisotopic (exact) mass is 267 g/mol. The number of carbonyl (C=O) groups excluding carboxylic acids is 1. The number of hydrogen-bond donors (Lipinski definition) is 1. The van der Waals surface area contributed by atoms with Crippen LogP contribution in [-0.2, 0) is 30.9 Å². The molecule has 102 valence electrons. The largest absolute Gasteiger partial charge is 0.392 e. The highest BCUT2D eigenvalue weighted by Gasteiger charge is 2.23. The Labute approximate surface area is 118 Å². The summed E-state index contributed by atoms with van der Waals surface area (Å²) in [4.78, 5) is 14.2. The van der Waals surface area contributed by atoms with E-state index in [1.165, 1.54) is 5.56 Å². The molecule has 0 atom stereocenters. The van der Waals surface area contributed by atoms with E-state index in [0.717, 1.165) is 16.7 Å². The molecule has 3 rings (SSSR count). The van der Waals surface area contributed by atoms with E-state index in [1.54, 1.807) is 0 Å². The minimum absolute atomic E-state index is 0.0469. The van der Waals surface area contributed by atoms with Crippen LogP contribution in [0.25, 0.3) is 0 Å². The zero-order valence-electron chi connectivity index (χ0n) is 11.2. The van der Waals surface area contributed by atoms with Crippen molar-refractivity contribution in [1.82, 2.24) is 4.90 Å².